The molecule has 78 valence electrons. The molecule has 0 unspecified atom stereocenters. The third kappa shape index (κ3) is 2.77. The molecule has 0 amide bonds. The Hall–Kier alpha value is -0.910. The van der Waals surface area contributed by atoms with Gasteiger partial charge in [0.1, 0.15) is 5.03 Å². The SMILES string of the molecule is Cc1csc(Sc2ccc(CN)cn2)n1. The van der Waals surface area contributed by atoms with Crippen molar-refractivity contribution >= 4 is 23.1 Å². The molecule has 3 nitrogen and oxygen atoms in total. The molecule has 15 heavy (non-hydrogen) atoms. The van der Waals surface area contributed by atoms with Gasteiger partial charge in [-0.15, -0.1) is 11.3 Å². The molecule has 0 saturated carbocycles. The Morgan fingerprint density at radius 3 is 2.87 bits per heavy atom. The maximum atomic E-state index is 5.50. The highest BCUT2D eigenvalue weighted by atomic mass is 32.2. The number of nitrogens with two attached hydrogens (primary N) is 1. The minimum Gasteiger partial charge on any atom is -0.326 e. The molecule has 0 radical (unpaired) electrons. The number of aromatic nitrogens is 2. The molecule has 0 aliphatic carbocycles. The highest BCUT2D eigenvalue weighted by Gasteiger charge is 2.02. The van der Waals surface area contributed by atoms with Gasteiger partial charge in [0.2, 0.25) is 0 Å². The van der Waals surface area contributed by atoms with Crippen molar-refractivity contribution < 1.29 is 0 Å². The Bertz CT molecular complexity index is 436. The largest absolute Gasteiger partial charge is 0.326 e. The summed E-state index contributed by atoms with van der Waals surface area (Å²) in [5.74, 6) is 0. The highest BCUT2D eigenvalue weighted by Crippen LogP contribution is 2.28. The summed E-state index contributed by atoms with van der Waals surface area (Å²) >= 11 is 3.22. The minimum absolute atomic E-state index is 0.536. The van der Waals surface area contributed by atoms with Gasteiger partial charge in [-0.05, 0) is 30.3 Å². The second-order valence-corrected chi connectivity index (χ2v) is 5.19. The maximum Gasteiger partial charge on any atom is 0.156 e. The van der Waals surface area contributed by atoms with Gasteiger partial charge < -0.3 is 5.73 Å². The molecule has 2 N–H and O–H groups in total. The van der Waals surface area contributed by atoms with Crippen molar-refractivity contribution in [3.05, 3.63) is 35.0 Å². The van der Waals surface area contributed by atoms with Gasteiger partial charge in [0.15, 0.2) is 4.34 Å². The van der Waals surface area contributed by atoms with Gasteiger partial charge in [0.25, 0.3) is 0 Å². The first-order valence-electron chi connectivity index (χ1n) is 4.53. The molecule has 2 aromatic heterocycles. The third-order valence-electron chi connectivity index (χ3n) is 1.82. The van der Waals surface area contributed by atoms with E-state index in [1.807, 2.05) is 30.6 Å². The molecule has 0 fully saturated rings. The standard InChI is InChI=1S/C10H11N3S2/c1-7-6-14-10(13-7)15-9-3-2-8(4-11)5-12-9/h2-3,5-6H,4,11H2,1H3. The van der Waals surface area contributed by atoms with Gasteiger partial charge in [0.05, 0.1) is 0 Å². The predicted octanol–water partition coefficient (Wildman–Crippen LogP) is 2.46. The van der Waals surface area contributed by atoms with Crippen molar-refractivity contribution in [3.8, 4) is 0 Å². The van der Waals surface area contributed by atoms with Crippen molar-refractivity contribution in [2.75, 3.05) is 0 Å². The number of hydrogen-bond acceptors (Lipinski definition) is 5. The van der Waals surface area contributed by atoms with Crippen molar-refractivity contribution in [1.29, 1.82) is 0 Å². The molecule has 0 spiro atoms. The zero-order valence-corrected chi connectivity index (χ0v) is 9.94. The average molecular weight is 237 g/mol. The van der Waals surface area contributed by atoms with Crippen LogP contribution in [0.3, 0.4) is 0 Å². The zero-order chi connectivity index (χ0) is 10.7. The van der Waals surface area contributed by atoms with E-state index >= 15 is 0 Å². The smallest absolute Gasteiger partial charge is 0.156 e. The summed E-state index contributed by atoms with van der Waals surface area (Å²) < 4.78 is 1.03. The van der Waals surface area contributed by atoms with Crippen LogP contribution in [0.5, 0.6) is 0 Å². The summed E-state index contributed by atoms with van der Waals surface area (Å²) in [6.45, 7) is 2.53. The Morgan fingerprint density at radius 1 is 1.47 bits per heavy atom. The first-order valence-corrected chi connectivity index (χ1v) is 6.22. The van der Waals surface area contributed by atoms with E-state index in [4.69, 9.17) is 5.73 Å². The van der Waals surface area contributed by atoms with E-state index < -0.39 is 0 Å². The number of rotatable bonds is 3. The molecule has 2 aromatic rings. The number of aryl methyl sites for hydroxylation is 1. The van der Waals surface area contributed by atoms with Crippen LogP contribution >= 0.6 is 23.1 Å². The second-order valence-electron chi connectivity index (χ2n) is 3.07. The van der Waals surface area contributed by atoms with Crippen LogP contribution in [0.25, 0.3) is 0 Å². The fourth-order valence-electron chi connectivity index (χ4n) is 1.06. The van der Waals surface area contributed by atoms with Gasteiger partial charge in [-0.2, -0.15) is 0 Å². The maximum absolute atomic E-state index is 5.50. The van der Waals surface area contributed by atoms with Crippen LogP contribution < -0.4 is 5.73 Å². The van der Waals surface area contributed by atoms with Crippen LogP contribution in [-0.4, -0.2) is 9.97 Å². The Labute approximate surface area is 96.8 Å². The van der Waals surface area contributed by atoms with Crippen LogP contribution in [-0.2, 0) is 6.54 Å². The van der Waals surface area contributed by atoms with Gasteiger partial charge in [-0.25, -0.2) is 9.97 Å². The molecule has 0 saturated heterocycles. The van der Waals surface area contributed by atoms with Crippen LogP contribution in [0, 0.1) is 6.92 Å². The summed E-state index contributed by atoms with van der Waals surface area (Å²) in [4.78, 5) is 8.67. The quantitative estimate of drug-likeness (QED) is 0.891. The number of thiazole rings is 1. The first-order chi connectivity index (χ1) is 7.28. The summed E-state index contributed by atoms with van der Waals surface area (Å²) in [6, 6.07) is 3.97. The van der Waals surface area contributed by atoms with E-state index in [0.29, 0.717) is 6.54 Å². The van der Waals surface area contributed by atoms with Crippen LogP contribution in [0.1, 0.15) is 11.3 Å². The summed E-state index contributed by atoms with van der Waals surface area (Å²) in [7, 11) is 0. The lowest BCUT2D eigenvalue weighted by Gasteiger charge is -1.98. The predicted molar refractivity (Wildman–Crippen MR) is 63.1 cm³/mol. The molecular formula is C10H11N3S2. The zero-order valence-electron chi connectivity index (χ0n) is 8.30. The van der Waals surface area contributed by atoms with Gasteiger partial charge in [0, 0.05) is 23.8 Å². The van der Waals surface area contributed by atoms with Crippen LogP contribution in [0.4, 0.5) is 0 Å². The van der Waals surface area contributed by atoms with Gasteiger partial charge >= 0.3 is 0 Å². The lowest BCUT2D eigenvalue weighted by Crippen LogP contribution is -1.96. The van der Waals surface area contributed by atoms with Crippen LogP contribution in [0.15, 0.2) is 33.1 Å². The highest BCUT2D eigenvalue weighted by molar-refractivity contribution is 8.00. The molecule has 0 aromatic carbocycles. The average Bonchev–Trinajstić information content (AvgIpc) is 2.65. The Morgan fingerprint density at radius 2 is 2.33 bits per heavy atom. The van der Waals surface area contributed by atoms with E-state index in [1.54, 1.807) is 23.1 Å². The fourth-order valence-corrected chi connectivity index (χ4v) is 2.78. The Balaban J connectivity index is 2.11. The molecule has 0 atom stereocenters. The lowest BCUT2D eigenvalue weighted by atomic mass is 10.3. The number of hydrogen-bond donors (Lipinski definition) is 1. The summed E-state index contributed by atoms with van der Waals surface area (Å²) in [5, 5.41) is 3.00. The molecular weight excluding hydrogens is 226 g/mol. The van der Waals surface area contributed by atoms with Crippen LogP contribution in [0.2, 0.25) is 0 Å². The van der Waals surface area contributed by atoms with Crippen molar-refractivity contribution in [3.63, 3.8) is 0 Å². The first kappa shape index (κ1) is 10.6. The number of nitrogens with zero attached hydrogens (tertiary/aromatic N) is 2. The van der Waals surface area contributed by atoms with Crippen molar-refractivity contribution in [1.82, 2.24) is 9.97 Å². The van der Waals surface area contributed by atoms with Gasteiger partial charge in [-0.1, -0.05) is 6.07 Å². The van der Waals surface area contributed by atoms with E-state index in [2.05, 4.69) is 9.97 Å². The van der Waals surface area contributed by atoms with Crippen molar-refractivity contribution in [2.45, 2.75) is 22.8 Å². The van der Waals surface area contributed by atoms with Gasteiger partial charge in [-0.3, -0.25) is 0 Å². The molecule has 2 rings (SSSR count). The molecule has 2 heterocycles. The topological polar surface area (TPSA) is 51.8 Å². The molecule has 0 aliphatic rings. The number of pyridine rings is 1. The second kappa shape index (κ2) is 4.74. The minimum atomic E-state index is 0.536. The van der Waals surface area contributed by atoms with E-state index in [-0.39, 0.29) is 0 Å². The van der Waals surface area contributed by atoms with E-state index in [0.717, 1.165) is 20.6 Å². The summed E-state index contributed by atoms with van der Waals surface area (Å²) in [5.41, 5.74) is 7.61. The van der Waals surface area contributed by atoms with E-state index in [1.165, 1.54) is 0 Å². The Kier molecular flexibility index (Phi) is 3.35. The van der Waals surface area contributed by atoms with Crippen molar-refractivity contribution in [2.24, 2.45) is 5.73 Å². The fraction of sp³-hybridized carbons (Fsp3) is 0.200. The normalized spacial score (nSPS) is 10.5. The lowest BCUT2D eigenvalue weighted by molar-refractivity contribution is 1.01. The van der Waals surface area contributed by atoms with E-state index in [9.17, 15) is 0 Å². The monoisotopic (exact) mass is 237 g/mol. The molecule has 0 aliphatic heterocycles. The molecule has 0 bridgehead atoms. The third-order valence-corrected chi connectivity index (χ3v) is 3.83. The summed E-state index contributed by atoms with van der Waals surface area (Å²) in [6.07, 6.45) is 1.81. The molecule has 5 heteroatoms.